The van der Waals surface area contributed by atoms with Crippen LogP contribution in [0.2, 0.25) is 0 Å². The molecule has 7 rings (SSSR count). The van der Waals surface area contributed by atoms with Crippen LogP contribution in [0.4, 0.5) is 0 Å². The highest BCUT2D eigenvalue weighted by molar-refractivity contribution is 6.90. The summed E-state index contributed by atoms with van der Waals surface area (Å²) in [5, 5.41) is 9.11. The third-order valence-corrected chi connectivity index (χ3v) is 13.0. The zero-order valence-electron chi connectivity index (χ0n) is 36.4. The maximum Gasteiger partial charge on any atom is 0.287 e. The highest BCUT2D eigenvalue weighted by atomic mass is 16.5. The number of hydrogen-bond donors (Lipinski definition) is 2. The summed E-state index contributed by atoms with van der Waals surface area (Å²) in [5.41, 5.74) is 14.0. The smallest absolute Gasteiger partial charge is 0.287 e. The van der Waals surface area contributed by atoms with E-state index in [1.165, 1.54) is 81.8 Å². The maximum atomic E-state index is 7.08. The molecule has 4 aromatic rings. The summed E-state index contributed by atoms with van der Waals surface area (Å²) in [6.07, 6.45) is 22.9. The van der Waals surface area contributed by atoms with Crippen molar-refractivity contribution in [2.24, 2.45) is 5.92 Å². The van der Waals surface area contributed by atoms with Crippen LogP contribution in [0.3, 0.4) is 0 Å². The number of fused-ring (bicyclic) bond motifs is 3. The molecule has 1 aromatic heterocycles. The summed E-state index contributed by atoms with van der Waals surface area (Å²) in [7, 11) is 0. The number of para-hydroxylation sites is 1. The second-order valence-electron chi connectivity index (χ2n) is 18.2. The summed E-state index contributed by atoms with van der Waals surface area (Å²) >= 11 is 0. The van der Waals surface area contributed by atoms with Crippen molar-refractivity contribution in [1.82, 2.24) is 10.6 Å². The average molecular weight is 773 g/mol. The lowest BCUT2D eigenvalue weighted by Crippen LogP contribution is -2.52. The van der Waals surface area contributed by atoms with Gasteiger partial charge in [0.1, 0.15) is 17.9 Å². The Hall–Kier alpha value is -4.74. The third-order valence-electron chi connectivity index (χ3n) is 13.0. The quantitative estimate of drug-likeness (QED) is 0.0933. The zero-order chi connectivity index (χ0) is 40.9. The van der Waals surface area contributed by atoms with Crippen LogP contribution in [0, 0.1) is 5.92 Å². The number of benzene rings is 3. The highest BCUT2D eigenvalue weighted by Crippen LogP contribution is 2.47. The number of rotatable bonds is 15. The molecule has 3 aliphatic rings. The third kappa shape index (κ3) is 9.11. The molecule has 58 heavy (non-hydrogen) atoms. The Balaban J connectivity index is 1.27. The zero-order valence-corrected chi connectivity index (χ0v) is 36.4. The fraction of sp³-hybridized carbons (Fsp3) is 0.396. The van der Waals surface area contributed by atoms with Crippen LogP contribution in [0.25, 0.3) is 16.5 Å². The number of hydrogen-bond acceptors (Lipinski definition) is 4. The van der Waals surface area contributed by atoms with E-state index in [2.05, 4.69) is 169 Å². The number of unbranched alkanes of at least 4 members (excludes halogenated alkanes) is 1. The second-order valence-corrected chi connectivity index (χ2v) is 18.2. The molecule has 2 aliphatic carbocycles. The van der Waals surface area contributed by atoms with Gasteiger partial charge in [-0.3, -0.25) is 0 Å². The first kappa shape index (κ1) is 41.4. The molecule has 2 atom stereocenters. The molecule has 2 heterocycles. The SMILES string of the molecule is C/C=C(\C=C/CNC1CC(C)=CC(NC/C=C\C=C2/COc3ccccc32)=C1B(c1ccccc1)c1cc2cc3c(cc2o1)C(C)(C)CCC3(C)C)C(C)CCCC. The van der Waals surface area contributed by atoms with Gasteiger partial charge in [-0.15, -0.1) is 0 Å². The maximum absolute atomic E-state index is 7.08. The Morgan fingerprint density at radius 3 is 2.43 bits per heavy atom. The lowest BCUT2D eigenvalue weighted by molar-refractivity contribution is 0.332. The number of furan rings is 1. The van der Waals surface area contributed by atoms with Gasteiger partial charge < -0.3 is 19.8 Å². The van der Waals surface area contributed by atoms with Crippen LogP contribution < -0.4 is 26.5 Å². The minimum absolute atomic E-state index is 0.0848. The summed E-state index contributed by atoms with van der Waals surface area (Å²) in [6.45, 7) is 20.7. The van der Waals surface area contributed by atoms with Crippen LogP contribution in [0.5, 0.6) is 5.75 Å². The molecule has 0 radical (unpaired) electrons. The van der Waals surface area contributed by atoms with Gasteiger partial charge in [-0.25, -0.2) is 0 Å². The van der Waals surface area contributed by atoms with Gasteiger partial charge in [0, 0.05) is 41.4 Å². The predicted molar refractivity (Wildman–Crippen MR) is 249 cm³/mol. The summed E-state index contributed by atoms with van der Waals surface area (Å²) in [4.78, 5) is 0. The molecule has 302 valence electrons. The molecule has 0 amide bonds. The van der Waals surface area contributed by atoms with E-state index in [4.69, 9.17) is 9.15 Å². The van der Waals surface area contributed by atoms with Crippen molar-refractivity contribution in [1.29, 1.82) is 0 Å². The molecule has 4 nitrogen and oxygen atoms in total. The largest absolute Gasteiger partial charge is 0.488 e. The van der Waals surface area contributed by atoms with Crippen LogP contribution >= 0.6 is 0 Å². The van der Waals surface area contributed by atoms with Gasteiger partial charge in [0.05, 0.1) is 5.66 Å². The van der Waals surface area contributed by atoms with Crippen LogP contribution in [-0.2, 0) is 10.8 Å². The summed E-state index contributed by atoms with van der Waals surface area (Å²) < 4.78 is 13.0. The minimum atomic E-state index is -0.0848. The molecule has 0 bridgehead atoms. The molecule has 0 saturated carbocycles. The van der Waals surface area contributed by atoms with E-state index in [0.717, 1.165) is 35.7 Å². The Morgan fingerprint density at radius 1 is 0.931 bits per heavy atom. The van der Waals surface area contributed by atoms with E-state index >= 15 is 0 Å². The summed E-state index contributed by atoms with van der Waals surface area (Å²) in [5.74, 6) is 1.52. The molecule has 3 aromatic carbocycles. The molecule has 0 spiro atoms. The lowest BCUT2D eigenvalue weighted by atomic mass is 9.36. The second kappa shape index (κ2) is 18.0. The first-order chi connectivity index (χ1) is 28.0. The number of nitrogens with one attached hydrogen (secondary N) is 2. The molecule has 1 aliphatic heterocycles. The molecule has 2 unspecified atom stereocenters. The van der Waals surface area contributed by atoms with Crippen molar-refractivity contribution in [2.75, 3.05) is 19.7 Å². The fourth-order valence-corrected chi connectivity index (χ4v) is 9.38. The molecule has 0 fully saturated rings. The van der Waals surface area contributed by atoms with Gasteiger partial charge in [-0.2, -0.15) is 0 Å². The van der Waals surface area contributed by atoms with E-state index in [1.807, 2.05) is 12.1 Å². The number of ether oxygens (including phenoxy) is 1. The van der Waals surface area contributed by atoms with E-state index in [-0.39, 0.29) is 23.6 Å². The van der Waals surface area contributed by atoms with Crippen LogP contribution in [-0.4, -0.2) is 32.5 Å². The van der Waals surface area contributed by atoms with Crippen LogP contribution in [0.15, 0.2) is 142 Å². The molecular formula is C53H65BN2O2. The van der Waals surface area contributed by atoms with Crippen molar-refractivity contribution < 1.29 is 9.15 Å². The van der Waals surface area contributed by atoms with Crippen molar-refractivity contribution >= 4 is 34.4 Å². The Labute approximate surface area is 349 Å². The number of allylic oxidation sites excluding steroid dienone is 6. The Bertz CT molecular complexity index is 2210. The predicted octanol–water partition coefficient (Wildman–Crippen LogP) is 11.4. The first-order valence-corrected chi connectivity index (χ1v) is 21.9. The topological polar surface area (TPSA) is 46.4 Å². The van der Waals surface area contributed by atoms with Gasteiger partial charge in [0.15, 0.2) is 0 Å². The van der Waals surface area contributed by atoms with E-state index < -0.39 is 0 Å². The molecular weight excluding hydrogens is 707 g/mol. The van der Waals surface area contributed by atoms with Gasteiger partial charge >= 0.3 is 0 Å². The molecule has 0 saturated heterocycles. The van der Waals surface area contributed by atoms with E-state index in [0.29, 0.717) is 19.1 Å². The van der Waals surface area contributed by atoms with Gasteiger partial charge in [0.2, 0.25) is 0 Å². The monoisotopic (exact) mass is 773 g/mol. The standard InChI is InChI=1S/C53H65BN2O2/c1-9-11-20-38(4)39(10-2)22-19-30-56-47-32-37(3)31-46(55-29-18-17-21-40-36-57-48-26-16-15-25-43(40)48)51(47)54(42-23-13-12-14-24-42)50-34-41-33-44-45(35-49(41)58-50)53(7,8)28-27-52(44,5)6/h10,12-19,21-26,31,33-35,38,47,55-56H,9,11,20,27-30,32,36H2,1-8H3/b18-17-,22-19-,39-10+,40-21+. The Morgan fingerprint density at radius 2 is 1.67 bits per heavy atom. The van der Waals surface area contributed by atoms with Crippen molar-refractivity contribution in [3.05, 3.63) is 154 Å². The van der Waals surface area contributed by atoms with Gasteiger partial charge in [-0.05, 0) is 109 Å². The normalized spacial score (nSPS) is 20.1. The molecule has 5 heteroatoms. The van der Waals surface area contributed by atoms with Crippen molar-refractivity contribution in [3.8, 4) is 5.75 Å². The lowest BCUT2D eigenvalue weighted by Gasteiger charge is -2.41. The van der Waals surface area contributed by atoms with E-state index in [9.17, 15) is 0 Å². The van der Waals surface area contributed by atoms with Crippen molar-refractivity contribution in [2.45, 2.75) is 111 Å². The first-order valence-electron chi connectivity index (χ1n) is 21.9. The minimum Gasteiger partial charge on any atom is -0.488 e. The Kier molecular flexibility index (Phi) is 12.9. The van der Waals surface area contributed by atoms with Crippen molar-refractivity contribution in [3.63, 3.8) is 0 Å². The fourth-order valence-electron chi connectivity index (χ4n) is 9.38. The van der Waals surface area contributed by atoms with E-state index in [1.54, 1.807) is 0 Å². The summed E-state index contributed by atoms with van der Waals surface area (Å²) in [6, 6.07) is 26.5. The van der Waals surface area contributed by atoms with Gasteiger partial charge in [-0.1, -0.05) is 150 Å². The van der Waals surface area contributed by atoms with Gasteiger partial charge in [0.25, 0.3) is 6.71 Å². The molecule has 2 N–H and O–H groups in total. The van der Waals surface area contributed by atoms with Crippen LogP contribution in [0.1, 0.15) is 111 Å². The highest BCUT2D eigenvalue weighted by Gasteiger charge is 2.39. The average Bonchev–Trinajstić information content (AvgIpc) is 3.83.